The highest BCUT2D eigenvalue weighted by Gasteiger charge is 2.23. The van der Waals surface area contributed by atoms with Crippen LogP contribution >= 0.6 is 0 Å². The van der Waals surface area contributed by atoms with Gasteiger partial charge in [0.1, 0.15) is 0 Å². The first-order valence-corrected chi connectivity index (χ1v) is 5.38. The third-order valence-corrected chi connectivity index (χ3v) is 2.97. The van der Waals surface area contributed by atoms with Crippen LogP contribution in [-0.2, 0) is 0 Å². The number of hydrogen-bond acceptors (Lipinski definition) is 2. The van der Waals surface area contributed by atoms with Gasteiger partial charge in [-0.1, -0.05) is 36.9 Å². The monoisotopic (exact) mass is 214 g/mol. The number of nitriles is 1. The molecule has 0 bridgehead atoms. The molecule has 0 heterocycles. The van der Waals surface area contributed by atoms with Crippen LogP contribution in [-0.4, -0.2) is 25.0 Å². The molecule has 0 N–H and O–H groups in total. The van der Waals surface area contributed by atoms with Crippen molar-refractivity contribution in [1.82, 2.24) is 4.90 Å². The fourth-order valence-electron chi connectivity index (χ4n) is 1.80. The normalized spacial score (nSPS) is 14.2. The van der Waals surface area contributed by atoms with E-state index in [-0.39, 0.29) is 12.0 Å². The Kier molecular flexibility index (Phi) is 4.28. The molecule has 16 heavy (non-hydrogen) atoms. The van der Waals surface area contributed by atoms with E-state index in [1.54, 1.807) is 0 Å². The largest absolute Gasteiger partial charge is 0.306 e. The van der Waals surface area contributed by atoms with Crippen molar-refractivity contribution in [1.29, 1.82) is 5.26 Å². The molecule has 2 heteroatoms. The first kappa shape index (κ1) is 12.5. The van der Waals surface area contributed by atoms with E-state index in [1.165, 1.54) is 0 Å². The quantitative estimate of drug-likeness (QED) is 0.721. The maximum absolute atomic E-state index is 9.03. The summed E-state index contributed by atoms with van der Waals surface area (Å²) in [5.41, 5.74) is 1.77. The summed E-state index contributed by atoms with van der Waals surface area (Å²) >= 11 is 0. The SMILES string of the molecule is C=C(C#N)[C@@H](c1ccccc1)[C@H](C)N(C)C. The van der Waals surface area contributed by atoms with Crippen LogP contribution in [0.2, 0.25) is 0 Å². The first-order chi connectivity index (χ1) is 7.57. The lowest BCUT2D eigenvalue weighted by Crippen LogP contribution is -2.31. The molecule has 0 unspecified atom stereocenters. The second-order valence-electron chi connectivity index (χ2n) is 4.23. The number of benzene rings is 1. The fraction of sp³-hybridized carbons (Fsp3) is 0.357. The van der Waals surface area contributed by atoms with Gasteiger partial charge >= 0.3 is 0 Å². The molecule has 0 spiro atoms. The highest BCUT2D eigenvalue weighted by molar-refractivity contribution is 5.36. The molecule has 1 aromatic rings. The standard InChI is InChI=1S/C14H18N2/c1-11(10-15)14(12(2)16(3)4)13-8-6-5-7-9-13/h5-9,12,14H,1H2,2-4H3/t12-,14+/m0/s1. The molecule has 0 aliphatic carbocycles. The molecule has 0 aromatic heterocycles. The smallest absolute Gasteiger partial charge is 0.0948 e. The minimum atomic E-state index is 0.0706. The molecule has 84 valence electrons. The third kappa shape index (κ3) is 2.71. The maximum Gasteiger partial charge on any atom is 0.0948 e. The second-order valence-corrected chi connectivity index (χ2v) is 4.23. The summed E-state index contributed by atoms with van der Waals surface area (Å²) < 4.78 is 0. The van der Waals surface area contributed by atoms with E-state index >= 15 is 0 Å². The summed E-state index contributed by atoms with van der Waals surface area (Å²) in [6.07, 6.45) is 0. The molecule has 2 nitrogen and oxygen atoms in total. The molecule has 0 aliphatic heterocycles. The van der Waals surface area contributed by atoms with Gasteiger partial charge in [-0.3, -0.25) is 0 Å². The van der Waals surface area contributed by atoms with Crippen molar-refractivity contribution >= 4 is 0 Å². The molecule has 1 rings (SSSR count). The topological polar surface area (TPSA) is 27.0 Å². The molecule has 0 saturated heterocycles. The molecule has 0 amide bonds. The van der Waals surface area contributed by atoms with Crippen LogP contribution in [0.1, 0.15) is 18.4 Å². The molecule has 0 saturated carbocycles. The molecule has 2 atom stereocenters. The van der Waals surface area contributed by atoms with Crippen LogP contribution in [0.4, 0.5) is 0 Å². The van der Waals surface area contributed by atoms with Crippen LogP contribution in [0.25, 0.3) is 0 Å². The Bertz CT molecular complexity index is 387. The van der Waals surface area contributed by atoms with Crippen molar-refractivity contribution in [2.45, 2.75) is 18.9 Å². The van der Waals surface area contributed by atoms with Gasteiger partial charge in [-0.15, -0.1) is 0 Å². The van der Waals surface area contributed by atoms with Gasteiger partial charge in [0.15, 0.2) is 0 Å². The molecule has 0 fully saturated rings. The molecule has 1 aromatic carbocycles. The van der Waals surface area contributed by atoms with Gasteiger partial charge < -0.3 is 4.90 Å². The Morgan fingerprint density at radius 3 is 2.31 bits per heavy atom. The average Bonchev–Trinajstić information content (AvgIpc) is 2.30. The van der Waals surface area contributed by atoms with Crippen molar-refractivity contribution in [3.8, 4) is 6.07 Å². The lowest BCUT2D eigenvalue weighted by molar-refractivity contribution is 0.290. The van der Waals surface area contributed by atoms with E-state index < -0.39 is 0 Å². The number of nitrogens with zero attached hydrogens (tertiary/aromatic N) is 2. The minimum Gasteiger partial charge on any atom is -0.306 e. The Morgan fingerprint density at radius 1 is 1.31 bits per heavy atom. The highest BCUT2D eigenvalue weighted by Crippen LogP contribution is 2.28. The van der Waals surface area contributed by atoms with E-state index in [1.807, 2.05) is 44.4 Å². The lowest BCUT2D eigenvalue weighted by atomic mass is 9.86. The van der Waals surface area contributed by atoms with Gasteiger partial charge in [0, 0.05) is 17.5 Å². The Labute approximate surface area is 97.8 Å². The summed E-state index contributed by atoms with van der Waals surface area (Å²) in [4.78, 5) is 2.11. The third-order valence-electron chi connectivity index (χ3n) is 2.97. The Balaban J connectivity index is 3.07. The van der Waals surface area contributed by atoms with Crippen LogP contribution < -0.4 is 0 Å². The van der Waals surface area contributed by atoms with E-state index in [0.29, 0.717) is 5.57 Å². The van der Waals surface area contributed by atoms with E-state index in [9.17, 15) is 0 Å². The summed E-state index contributed by atoms with van der Waals surface area (Å²) in [7, 11) is 4.04. The maximum atomic E-state index is 9.03. The summed E-state index contributed by atoms with van der Waals surface area (Å²) in [6, 6.07) is 12.5. The number of hydrogen-bond donors (Lipinski definition) is 0. The molecule has 0 aliphatic rings. The summed E-state index contributed by atoms with van der Waals surface area (Å²) in [5, 5.41) is 9.03. The minimum absolute atomic E-state index is 0.0706. The predicted molar refractivity (Wildman–Crippen MR) is 67.1 cm³/mol. The zero-order valence-corrected chi connectivity index (χ0v) is 10.1. The van der Waals surface area contributed by atoms with Crippen LogP contribution in [0.3, 0.4) is 0 Å². The van der Waals surface area contributed by atoms with Crippen LogP contribution in [0.5, 0.6) is 0 Å². The fourth-order valence-corrected chi connectivity index (χ4v) is 1.80. The zero-order chi connectivity index (χ0) is 12.1. The van der Waals surface area contributed by atoms with Crippen molar-refractivity contribution in [3.63, 3.8) is 0 Å². The van der Waals surface area contributed by atoms with Crippen molar-refractivity contribution in [2.24, 2.45) is 0 Å². The van der Waals surface area contributed by atoms with E-state index in [2.05, 4.69) is 24.5 Å². The highest BCUT2D eigenvalue weighted by atomic mass is 15.1. The zero-order valence-electron chi connectivity index (χ0n) is 10.1. The molecule has 0 radical (unpaired) electrons. The van der Waals surface area contributed by atoms with Gasteiger partial charge in [0.25, 0.3) is 0 Å². The summed E-state index contributed by atoms with van der Waals surface area (Å²) in [6.45, 7) is 5.98. The molecular weight excluding hydrogens is 196 g/mol. The Hall–Kier alpha value is -1.59. The first-order valence-electron chi connectivity index (χ1n) is 5.38. The predicted octanol–water partition coefficient (Wildman–Crippen LogP) is 2.80. The van der Waals surface area contributed by atoms with Crippen molar-refractivity contribution in [3.05, 3.63) is 48.0 Å². The second kappa shape index (κ2) is 5.48. The van der Waals surface area contributed by atoms with Gasteiger partial charge in [0.2, 0.25) is 0 Å². The Morgan fingerprint density at radius 2 is 1.88 bits per heavy atom. The van der Waals surface area contributed by atoms with Gasteiger partial charge in [0.05, 0.1) is 6.07 Å². The van der Waals surface area contributed by atoms with Crippen LogP contribution in [0, 0.1) is 11.3 Å². The molecular formula is C14H18N2. The van der Waals surface area contributed by atoms with Gasteiger partial charge in [-0.05, 0) is 26.6 Å². The van der Waals surface area contributed by atoms with Crippen LogP contribution in [0.15, 0.2) is 42.5 Å². The van der Waals surface area contributed by atoms with Gasteiger partial charge in [-0.2, -0.15) is 5.26 Å². The van der Waals surface area contributed by atoms with Crippen molar-refractivity contribution < 1.29 is 0 Å². The van der Waals surface area contributed by atoms with Crippen molar-refractivity contribution in [2.75, 3.05) is 14.1 Å². The lowest BCUT2D eigenvalue weighted by Gasteiger charge is -2.29. The number of rotatable bonds is 4. The average molecular weight is 214 g/mol. The van der Waals surface area contributed by atoms with Gasteiger partial charge in [-0.25, -0.2) is 0 Å². The summed E-state index contributed by atoms with van der Waals surface area (Å²) in [5.74, 6) is 0.0706. The van der Waals surface area contributed by atoms with E-state index in [0.717, 1.165) is 5.56 Å². The van der Waals surface area contributed by atoms with E-state index in [4.69, 9.17) is 5.26 Å². The number of likely N-dealkylation sites (N-methyl/N-ethyl adjacent to an activating group) is 1.